The van der Waals surface area contributed by atoms with Crippen LogP contribution in [0, 0.1) is 6.92 Å². The quantitative estimate of drug-likeness (QED) is 0.940. The largest absolute Gasteiger partial charge is 0.344 e. The molecule has 0 bridgehead atoms. The Kier molecular flexibility index (Phi) is 3.91. The van der Waals surface area contributed by atoms with Crippen LogP contribution in [0.5, 0.6) is 0 Å². The molecule has 0 unspecified atom stereocenters. The zero-order chi connectivity index (χ0) is 13.3. The lowest BCUT2D eigenvalue weighted by Gasteiger charge is -2.09. The molecule has 1 N–H and O–H groups in total. The molecular formula is C11H13BrN4OS. The maximum Gasteiger partial charge on any atom is 0.344 e. The lowest BCUT2D eigenvalue weighted by molar-refractivity contribution is 0.534. The fourth-order valence-corrected chi connectivity index (χ4v) is 2.99. The first-order valence-electron chi connectivity index (χ1n) is 5.46. The fourth-order valence-electron chi connectivity index (χ4n) is 1.49. The van der Waals surface area contributed by atoms with Crippen molar-refractivity contribution in [3.63, 3.8) is 0 Å². The minimum atomic E-state index is -0.198. The summed E-state index contributed by atoms with van der Waals surface area (Å²) < 4.78 is 2.54. The van der Waals surface area contributed by atoms with Gasteiger partial charge in [0.15, 0.2) is 5.16 Å². The molecule has 2 aromatic rings. The van der Waals surface area contributed by atoms with Crippen LogP contribution < -0.4 is 5.69 Å². The SMILES string of the molecule is Cc1ccnc(Sc2n[nH]c(=O)n2C(C)C)c1Br. The molecule has 18 heavy (non-hydrogen) atoms. The number of H-pyrrole nitrogens is 1. The third-order valence-electron chi connectivity index (χ3n) is 2.43. The Bertz CT molecular complexity index is 620. The molecule has 0 spiro atoms. The molecule has 0 saturated heterocycles. The summed E-state index contributed by atoms with van der Waals surface area (Å²) in [5, 5.41) is 7.92. The van der Waals surface area contributed by atoms with Crippen molar-refractivity contribution in [2.75, 3.05) is 0 Å². The van der Waals surface area contributed by atoms with Crippen molar-refractivity contribution in [1.82, 2.24) is 19.7 Å². The van der Waals surface area contributed by atoms with Crippen molar-refractivity contribution >= 4 is 27.7 Å². The van der Waals surface area contributed by atoms with Gasteiger partial charge in [-0.05, 0) is 60.1 Å². The van der Waals surface area contributed by atoms with Gasteiger partial charge in [-0.15, -0.1) is 5.10 Å². The number of rotatable bonds is 3. The van der Waals surface area contributed by atoms with E-state index in [0.717, 1.165) is 15.1 Å². The van der Waals surface area contributed by atoms with Crippen molar-refractivity contribution in [2.24, 2.45) is 0 Å². The van der Waals surface area contributed by atoms with E-state index in [9.17, 15) is 4.79 Å². The van der Waals surface area contributed by atoms with E-state index in [0.29, 0.717) is 5.16 Å². The molecule has 0 fully saturated rings. The Balaban J connectivity index is 2.41. The highest BCUT2D eigenvalue weighted by Crippen LogP contribution is 2.32. The molecule has 0 atom stereocenters. The zero-order valence-electron chi connectivity index (χ0n) is 10.3. The molecule has 5 nitrogen and oxygen atoms in total. The number of nitrogens with zero attached hydrogens (tertiary/aromatic N) is 3. The molecule has 2 aromatic heterocycles. The summed E-state index contributed by atoms with van der Waals surface area (Å²) in [6, 6.07) is 1.98. The van der Waals surface area contributed by atoms with Crippen LogP contribution in [0.3, 0.4) is 0 Å². The lowest BCUT2D eigenvalue weighted by Crippen LogP contribution is -2.19. The first kappa shape index (κ1) is 13.4. The van der Waals surface area contributed by atoms with E-state index < -0.39 is 0 Å². The third kappa shape index (κ3) is 2.51. The van der Waals surface area contributed by atoms with E-state index in [-0.39, 0.29) is 11.7 Å². The van der Waals surface area contributed by atoms with Crippen LogP contribution >= 0.6 is 27.7 Å². The highest BCUT2D eigenvalue weighted by Gasteiger charge is 2.15. The Labute approximate surface area is 117 Å². The highest BCUT2D eigenvalue weighted by atomic mass is 79.9. The van der Waals surface area contributed by atoms with Crippen molar-refractivity contribution in [3.8, 4) is 0 Å². The van der Waals surface area contributed by atoms with Gasteiger partial charge in [-0.25, -0.2) is 14.9 Å². The van der Waals surface area contributed by atoms with E-state index in [4.69, 9.17) is 0 Å². The highest BCUT2D eigenvalue weighted by molar-refractivity contribution is 9.10. The minimum Gasteiger partial charge on any atom is -0.267 e. The second kappa shape index (κ2) is 5.27. The number of aryl methyl sites for hydroxylation is 1. The summed E-state index contributed by atoms with van der Waals surface area (Å²) >= 11 is 4.86. The minimum absolute atomic E-state index is 0.0577. The van der Waals surface area contributed by atoms with Crippen LogP contribution in [-0.4, -0.2) is 19.7 Å². The number of nitrogens with one attached hydrogen (secondary N) is 1. The Hall–Kier alpha value is -1.08. The number of hydrogen-bond acceptors (Lipinski definition) is 4. The normalized spacial score (nSPS) is 11.2. The molecular weight excluding hydrogens is 316 g/mol. The van der Waals surface area contributed by atoms with Crippen LogP contribution in [0.2, 0.25) is 0 Å². The summed E-state index contributed by atoms with van der Waals surface area (Å²) in [4.78, 5) is 15.9. The smallest absolute Gasteiger partial charge is 0.267 e. The molecule has 2 rings (SSSR count). The third-order valence-corrected chi connectivity index (χ3v) is 4.66. The molecule has 0 radical (unpaired) electrons. The number of aromatic nitrogens is 4. The van der Waals surface area contributed by atoms with E-state index in [1.807, 2.05) is 26.8 Å². The first-order chi connectivity index (χ1) is 8.50. The number of aromatic amines is 1. The molecule has 0 aromatic carbocycles. The van der Waals surface area contributed by atoms with E-state index in [2.05, 4.69) is 31.1 Å². The number of pyridine rings is 1. The van der Waals surface area contributed by atoms with Crippen molar-refractivity contribution in [3.05, 3.63) is 32.8 Å². The Morgan fingerprint density at radius 2 is 2.22 bits per heavy atom. The van der Waals surface area contributed by atoms with Crippen LogP contribution in [0.25, 0.3) is 0 Å². The monoisotopic (exact) mass is 328 g/mol. The molecule has 0 saturated carbocycles. The van der Waals surface area contributed by atoms with Gasteiger partial charge in [0, 0.05) is 12.2 Å². The topological polar surface area (TPSA) is 63.6 Å². The molecule has 2 heterocycles. The maximum absolute atomic E-state index is 11.6. The predicted molar refractivity (Wildman–Crippen MR) is 74.0 cm³/mol. The number of hydrogen-bond donors (Lipinski definition) is 1. The average molecular weight is 329 g/mol. The van der Waals surface area contributed by atoms with E-state index in [1.165, 1.54) is 11.8 Å². The average Bonchev–Trinajstić information content (AvgIpc) is 2.66. The van der Waals surface area contributed by atoms with Gasteiger partial charge in [0.05, 0.1) is 4.47 Å². The summed E-state index contributed by atoms with van der Waals surface area (Å²) in [5.74, 6) is 0. The maximum atomic E-state index is 11.6. The zero-order valence-corrected chi connectivity index (χ0v) is 12.7. The second-order valence-electron chi connectivity index (χ2n) is 4.12. The van der Waals surface area contributed by atoms with E-state index in [1.54, 1.807) is 10.8 Å². The molecule has 0 amide bonds. The predicted octanol–water partition coefficient (Wildman–Crippen LogP) is 2.77. The van der Waals surface area contributed by atoms with Gasteiger partial charge in [0.1, 0.15) is 5.03 Å². The Morgan fingerprint density at radius 1 is 1.50 bits per heavy atom. The van der Waals surface area contributed by atoms with Crippen LogP contribution in [-0.2, 0) is 0 Å². The summed E-state index contributed by atoms with van der Waals surface area (Å²) in [5.41, 5.74) is 0.901. The van der Waals surface area contributed by atoms with Gasteiger partial charge in [-0.2, -0.15) is 0 Å². The summed E-state index contributed by atoms with van der Waals surface area (Å²) in [6.45, 7) is 5.88. The molecule has 0 aliphatic rings. The van der Waals surface area contributed by atoms with Crippen LogP contribution in [0.1, 0.15) is 25.5 Å². The van der Waals surface area contributed by atoms with E-state index >= 15 is 0 Å². The molecule has 7 heteroatoms. The van der Waals surface area contributed by atoms with Crippen molar-refractivity contribution in [2.45, 2.75) is 37.0 Å². The van der Waals surface area contributed by atoms with Crippen molar-refractivity contribution < 1.29 is 0 Å². The van der Waals surface area contributed by atoms with Crippen molar-refractivity contribution in [1.29, 1.82) is 0 Å². The Morgan fingerprint density at radius 3 is 2.89 bits per heavy atom. The van der Waals surface area contributed by atoms with Gasteiger partial charge in [0.25, 0.3) is 0 Å². The second-order valence-corrected chi connectivity index (χ2v) is 5.87. The molecule has 96 valence electrons. The van der Waals surface area contributed by atoms with Gasteiger partial charge in [-0.1, -0.05) is 0 Å². The summed E-state index contributed by atoms with van der Waals surface area (Å²) in [7, 11) is 0. The molecule has 0 aliphatic carbocycles. The van der Waals surface area contributed by atoms with Crippen LogP contribution in [0.4, 0.5) is 0 Å². The van der Waals surface area contributed by atoms with Gasteiger partial charge in [0.2, 0.25) is 0 Å². The van der Waals surface area contributed by atoms with Crippen LogP contribution in [0.15, 0.2) is 31.7 Å². The number of halogens is 1. The van der Waals surface area contributed by atoms with Gasteiger partial charge >= 0.3 is 5.69 Å². The lowest BCUT2D eigenvalue weighted by atomic mass is 10.3. The first-order valence-corrected chi connectivity index (χ1v) is 7.07. The van der Waals surface area contributed by atoms with Gasteiger partial charge < -0.3 is 0 Å². The fraction of sp³-hybridized carbons (Fsp3) is 0.364. The molecule has 0 aliphatic heterocycles. The standard InChI is InChI=1S/C11H13BrN4OS/c1-6(2)16-10(17)14-15-11(16)18-9-8(12)7(3)4-5-13-9/h4-6H,1-3H3,(H,14,17). The summed E-state index contributed by atoms with van der Waals surface area (Å²) in [6.07, 6.45) is 1.74. The van der Waals surface area contributed by atoms with Gasteiger partial charge in [-0.3, -0.25) is 4.57 Å².